The average Bonchev–Trinajstić information content (AvgIpc) is 3.29. The molecule has 0 bridgehead atoms. The van der Waals surface area contributed by atoms with Gasteiger partial charge in [0.15, 0.2) is 0 Å². The molecular weight excluding hydrogens is 342 g/mol. The van der Waals surface area contributed by atoms with E-state index in [1.165, 1.54) is 5.56 Å². The molecule has 138 valence electrons. The fraction of sp³-hybridized carbons (Fsp3) is 0.286. The molecule has 2 amide bonds. The predicted octanol–water partition coefficient (Wildman–Crippen LogP) is 1.99. The molecule has 1 saturated heterocycles. The topological polar surface area (TPSA) is 79.8 Å². The fourth-order valence-corrected chi connectivity index (χ4v) is 3.80. The maximum Gasteiger partial charge on any atom is 0.253 e. The highest BCUT2D eigenvalue weighted by Crippen LogP contribution is 2.30. The standard InChI is InChI=1S/C21H21N3O3/c1-27-15-9-7-14-8-10-18(16(14)11-15)23-24-21(26)19-17(12-22-20(19)25)13-5-3-2-4-6-13/h2-7,9,11,17,19H,8,10,12H2,1H3,(H,22,25)(H,24,26)/b23-18-. The summed E-state index contributed by atoms with van der Waals surface area (Å²) >= 11 is 0. The van der Waals surface area contributed by atoms with Crippen LogP contribution < -0.4 is 15.5 Å². The lowest BCUT2D eigenvalue weighted by atomic mass is 9.88. The lowest BCUT2D eigenvalue weighted by Gasteiger charge is -2.15. The normalized spacial score (nSPS) is 22.4. The second-order valence-corrected chi connectivity index (χ2v) is 6.80. The summed E-state index contributed by atoms with van der Waals surface area (Å²) in [6.45, 7) is 0.456. The van der Waals surface area contributed by atoms with Crippen LogP contribution in [0.3, 0.4) is 0 Å². The first kappa shape index (κ1) is 17.3. The van der Waals surface area contributed by atoms with E-state index in [-0.39, 0.29) is 17.7 Å². The van der Waals surface area contributed by atoms with E-state index < -0.39 is 5.92 Å². The number of fused-ring (bicyclic) bond motifs is 1. The van der Waals surface area contributed by atoms with Gasteiger partial charge in [0.1, 0.15) is 11.7 Å². The van der Waals surface area contributed by atoms with E-state index in [1.54, 1.807) is 7.11 Å². The van der Waals surface area contributed by atoms with Gasteiger partial charge in [0, 0.05) is 18.0 Å². The van der Waals surface area contributed by atoms with Crippen LogP contribution in [0, 0.1) is 5.92 Å². The molecule has 4 rings (SSSR count). The molecule has 2 aromatic carbocycles. The fourth-order valence-electron chi connectivity index (χ4n) is 3.80. The Kier molecular flexibility index (Phi) is 4.62. The highest BCUT2D eigenvalue weighted by Gasteiger charge is 2.41. The number of carbonyl (C=O) groups is 2. The van der Waals surface area contributed by atoms with Crippen molar-refractivity contribution in [2.75, 3.05) is 13.7 Å². The minimum Gasteiger partial charge on any atom is -0.497 e. The van der Waals surface area contributed by atoms with Gasteiger partial charge in [0.25, 0.3) is 5.91 Å². The smallest absolute Gasteiger partial charge is 0.253 e. The van der Waals surface area contributed by atoms with Crippen LogP contribution in [0.2, 0.25) is 0 Å². The van der Waals surface area contributed by atoms with Gasteiger partial charge in [-0.05, 0) is 36.1 Å². The summed E-state index contributed by atoms with van der Waals surface area (Å²) in [6, 6.07) is 15.5. The molecule has 1 heterocycles. The maximum atomic E-state index is 12.7. The van der Waals surface area contributed by atoms with Crippen molar-refractivity contribution in [2.24, 2.45) is 11.0 Å². The number of nitrogens with one attached hydrogen (secondary N) is 2. The van der Waals surface area contributed by atoms with Gasteiger partial charge >= 0.3 is 0 Å². The number of hydrogen-bond donors (Lipinski definition) is 2. The molecule has 6 heteroatoms. The molecule has 1 aliphatic carbocycles. The molecule has 6 nitrogen and oxygen atoms in total. The van der Waals surface area contributed by atoms with Gasteiger partial charge in [-0.2, -0.15) is 5.10 Å². The highest BCUT2D eigenvalue weighted by molar-refractivity contribution is 6.07. The van der Waals surface area contributed by atoms with Crippen LogP contribution >= 0.6 is 0 Å². The van der Waals surface area contributed by atoms with Crippen LogP contribution in [0.5, 0.6) is 5.75 Å². The third-order valence-corrected chi connectivity index (χ3v) is 5.25. The molecule has 1 fully saturated rings. The number of hydrazone groups is 1. The van der Waals surface area contributed by atoms with E-state index in [4.69, 9.17) is 4.74 Å². The zero-order valence-electron chi connectivity index (χ0n) is 15.1. The molecule has 0 aromatic heterocycles. The minimum absolute atomic E-state index is 0.185. The van der Waals surface area contributed by atoms with Crippen LogP contribution in [0.1, 0.15) is 29.0 Å². The number of carbonyl (C=O) groups excluding carboxylic acids is 2. The number of aryl methyl sites for hydroxylation is 1. The first-order valence-electron chi connectivity index (χ1n) is 9.03. The number of nitrogens with zero attached hydrogens (tertiary/aromatic N) is 1. The number of benzene rings is 2. The van der Waals surface area contributed by atoms with Crippen molar-refractivity contribution < 1.29 is 14.3 Å². The summed E-state index contributed by atoms with van der Waals surface area (Å²) in [5.41, 5.74) is 6.58. The van der Waals surface area contributed by atoms with Crippen molar-refractivity contribution >= 4 is 17.5 Å². The SMILES string of the molecule is COc1ccc2c(c1)/C(=N\NC(=O)C1C(=O)NCC1c1ccccc1)CC2. The molecular formula is C21H21N3O3. The molecule has 2 N–H and O–H groups in total. The van der Waals surface area contributed by atoms with E-state index in [2.05, 4.69) is 15.8 Å². The Bertz CT molecular complexity index is 908. The van der Waals surface area contributed by atoms with Crippen molar-refractivity contribution in [3.63, 3.8) is 0 Å². The number of rotatable bonds is 4. The summed E-state index contributed by atoms with van der Waals surface area (Å²) in [4.78, 5) is 25.0. The van der Waals surface area contributed by atoms with Gasteiger partial charge in [0.2, 0.25) is 5.91 Å². The zero-order chi connectivity index (χ0) is 18.8. The lowest BCUT2D eigenvalue weighted by Crippen LogP contribution is -2.35. The van der Waals surface area contributed by atoms with E-state index in [0.717, 1.165) is 35.4 Å². The van der Waals surface area contributed by atoms with Crippen molar-refractivity contribution in [3.05, 3.63) is 65.2 Å². The van der Waals surface area contributed by atoms with E-state index in [1.807, 2.05) is 48.5 Å². The predicted molar refractivity (Wildman–Crippen MR) is 102 cm³/mol. The summed E-state index contributed by atoms with van der Waals surface area (Å²) in [5, 5.41) is 7.12. The van der Waals surface area contributed by atoms with Crippen molar-refractivity contribution in [2.45, 2.75) is 18.8 Å². The monoisotopic (exact) mass is 363 g/mol. The lowest BCUT2D eigenvalue weighted by molar-refractivity contribution is -0.133. The van der Waals surface area contributed by atoms with E-state index >= 15 is 0 Å². The second-order valence-electron chi connectivity index (χ2n) is 6.80. The van der Waals surface area contributed by atoms with E-state index in [0.29, 0.717) is 6.54 Å². The van der Waals surface area contributed by atoms with Crippen LogP contribution in [-0.4, -0.2) is 31.2 Å². The second kappa shape index (κ2) is 7.23. The zero-order valence-corrected chi connectivity index (χ0v) is 15.1. The number of methoxy groups -OCH3 is 1. The molecule has 0 radical (unpaired) electrons. The molecule has 1 aliphatic heterocycles. The van der Waals surface area contributed by atoms with Crippen molar-refractivity contribution in [1.29, 1.82) is 0 Å². The summed E-state index contributed by atoms with van der Waals surface area (Å²) in [7, 11) is 1.62. The van der Waals surface area contributed by atoms with Gasteiger partial charge < -0.3 is 10.1 Å². The van der Waals surface area contributed by atoms with E-state index in [9.17, 15) is 9.59 Å². The Hall–Kier alpha value is -3.15. The number of ether oxygens (including phenoxy) is 1. The third kappa shape index (κ3) is 3.30. The quantitative estimate of drug-likeness (QED) is 0.644. The molecule has 0 saturated carbocycles. The Morgan fingerprint density at radius 1 is 1.19 bits per heavy atom. The highest BCUT2D eigenvalue weighted by atomic mass is 16.5. The maximum absolute atomic E-state index is 12.7. The first-order chi connectivity index (χ1) is 13.2. The Morgan fingerprint density at radius 2 is 2.00 bits per heavy atom. The van der Waals surface area contributed by atoms with Crippen LogP contribution in [0.15, 0.2) is 53.6 Å². The molecule has 2 unspecified atom stereocenters. The van der Waals surface area contributed by atoms with Gasteiger partial charge in [-0.1, -0.05) is 36.4 Å². The molecule has 27 heavy (non-hydrogen) atoms. The first-order valence-corrected chi connectivity index (χ1v) is 9.03. The Morgan fingerprint density at radius 3 is 2.78 bits per heavy atom. The Balaban J connectivity index is 1.53. The third-order valence-electron chi connectivity index (χ3n) is 5.25. The summed E-state index contributed by atoms with van der Waals surface area (Å²) in [6.07, 6.45) is 1.63. The van der Waals surface area contributed by atoms with Crippen LogP contribution in [0.4, 0.5) is 0 Å². The number of hydrogen-bond acceptors (Lipinski definition) is 4. The van der Waals surface area contributed by atoms with Gasteiger partial charge in [-0.25, -0.2) is 5.43 Å². The number of amides is 2. The molecule has 2 atom stereocenters. The summed E-state index contributed by atoms with van der Waals surface area (Å²) < 4.78 is 5.28. The van der Waals surface area contributed by atoms with Gasteiger partial charge in [0.05, 0.1) is 12.8 Å². The molecule has 2 aliphatic rings. The van der Waals surface area contributed by atoms with Crippen molar-refractivity contribution in [1.82, 2.24) is 10.7 Å². The Labute approximate surface area is 157 Å². The van der Waals surface area contributed by atoms with Crippen molar-refractivity contribution in [3.8, 4) is 5.75 Å². The van der Waals surface area contributed by atoms with Gasteiger partial charge in [-0.15, -0.1) is 0 Å². The minimum atomic E-state index is -0.775. The molecule has 2 aromatic rings. The van der Waals surface area contributed by atoms with Crippen LogP contribution in [0.25, 0.3) is 0 Å². The van der Waals surface area contributed by atoms with Gasteiger partial charge in [-0.3, -0.25) is 9.59 Å². The van der Waals surface area contributed by atoms with Crippen LogP contribution in [-0.2, 0) is 16.0 Å². The largest absolute Gasteiger partial charge is 0.497 e. The molecule has 0 spiro atoms. The average molecular weight is 363 g/mol. The summed E-state index contributed by atoms with van der Waals surface area (Å²) in [5.74, 6) is -0.829.